The second-order valence-corrected chi connectivity index (χ2v) is 6.86. The van der Waals surface area contributed by atoms with Crippen LogP contribution in [0.3, 0.4) is 0 Å². The number of hydrogen-bond donors (Lipinski definition) is 0. The van der Waals surface area contributed by atoms with E-state index in [0.29, 0.717) is 26.2 Å². The molecule has 3 heterocycles. The van der Waals surface area contributed by atoms with E-state index in [9.17, 15) is 9.59 Å². The molecular weight excluding hydrogens is 300 g/mol. The number of likely N-dealkylation sites (tertiary alicyclic amines) is 1. The number of ether oxygens (including phenoxy) is 1. The molecule has 120 valence electrons. The zero-order valence-electron chi connectivity index (χ0n) is 12.9. The number of hydrogen-bond acceptors (Lipinski definition) is 4. The highest BCUT2D eigenvalue weighted by molar-refractivity contribution is 7.10. The molecule has 0 aliphatic carbocycles. The minimum Gasteiger partial charge on any atom is -0.450 e. The van der Waals surface area contributed by atoms with Crippen LogP contribution in [0.2, 0.25) is 0 Å². The highest BCUT2D eigenvalue weighted by Gasteiger charge is 2.33. The lowest BCUT2D eigenvalue weighted by Gasteiger charge is -2.35. The molecule has 1 unspecified atom stereocenters. The molecule has 0 N–H and O–H groups in total. The summed E-state index contributed by atoms with van der Waals surface area (Å²) in [6, 6.07) is 2.12. The molecule has 1 atom stereocenters. The summed E-state index contributed by atoms with van der Waals surface area (Å²) in [7, 11) is 0. The lowest BCUT2D eigenvalue weighted by molar-refractivity contribution is -0.138. The second-order valence-electron chi connectivity index (χ2n) is 5.86. The number of carbonyl (C=O) groups is 2. The van der Waals surface area contributed by atoms with Crippen LogP contribution < -0.4 is 0 Å². The van der Waals surface area contributed by atoms with Crippen molar-refractivity contribution in [3.63, 3.8) is 0 Å². The zero-order valence-corrected chi connectivity index (χ0v) is 13.7. The van der Waals surface area contributed by atoms with E-state index in [1.165, 1.54) is 10.4 Å². The van der Waals surface area contributed by atoms with E-state index in [1.807, 2.05) is 4.90 Å². The van der Waals surface area contributed by atoms with Crippen molar-refractivity contribution in [2.24, 2.45) is 5.92 Å². The number of nitrogens with zero attached hydrogens (tertiary/aromatic N) is 2. The van der Waals surface area contributed by atoms with Crippen molar-refractivity contribution in [2.75, 3.05) is 26.2 Å². The van der Waals surface area contributed by atoms with Crippen LogP contribution in [0.4, 0.5) is 4.79 Å². The van der Waals surface area contributed by atoms with E-state index >= 15 is 0 Å². The van der Waals surface area contributed by atoms with Gasteiger partial charge >= 0.3 is 6.09 Å². The van der Waals surface area contributed by atoms with Gasteiger partial charge in [-0.15, -0.1) is 11.3 Å². The molecule has 1 saturated heterocycles. The maximum absolute atomic E-state index is 12.8. The van der Waals surface area contributed by atoms with Gasteiger partial charge in [-0.05, 0) is 43.2 Å². The van der Waals surface area contributed by atoms with Gasteiger partial charge in [-0.1, -0.05) is 0 Å². The molecule has 0 bridgehead atoms. The summed E-state index contributed by atoms with van der Waals surface area (Å²) in [5.74, 6) is 0.101. The number of rotatable bonds is 2. The average molecular weight is 322 g/mol. The Kier molecular flexibility index (Phi) is 4.66. The van der Waals surface area contributed by atoms with Gasteiger partial charge < -0.3 is 14.5 Å². The predicted octanol–water partition coefficient (Wildman–Crippen LogP) is 2.50. The van der Waals surface area contributed by atoms with Gasteiger partial charge in [0.25, 0.3) is 0 Å². The van der Waals surface area contributed by atoms with Gasteiger partial charge in [0.05, 0.1) is 12.5 Å². The minimum atomic E-state index is -0.293. The Hall–Kier alpha value is -1.56. The third-order valence-electron chi connectivity index (χ3n) is 4.42. The van der Waals surface area contributed by atoms with Crippen molar-refractivity contribution in [3.8, 4) is 0 Å². The van der Waals surface area contributed by atoms with E-state index < -0.39 is 0 Å². The first-order chi connectivity index (χ1) is 10.7. The van der Waals surface area contributed by atoms with Crippen LogP contribution in [0.15, 0.2) is 11.4 Å². The van der Waals surface area contributed by atoms with Gasteiger partial charge in [-0.2, -0.15) is 0 Å². The fourth-order valence-electron chi connectivity index (χ4n) is 3.25. The molecule has 0 aromatic carbocycles. The predicted molar refractivity (Wildman–Crippen MR) is 84.8 cm³/mol. The molecule has 1 aromatic rings. The molecule has 2 amide bonds. The molecule has 1 aromatic heterocycles. The van der Waals surface area contributed by atoms with Gasteiger partial charge in [-0.25, -0.2) is 4.79 Å². The highest BCUT2D eigenvalue weighted by Crippen LogP contribution is 2.27. The van der Waals surface area contributed by atoms with Crippen molar-refractivity contribution in [2.45, 2.75) is 32.7 Å². The van der Waals surface area contributed by atoms with Gasteiger partial charge in [0, 0.05) is 31.1 Å². The first-order valence-electron chi connectivity index (χ1n) is 7.94. The monoisotopic (exact) mass is 322 g/mol. The first kappa shape index (κ1) is 15.3. The van der Waals surface area contributed by atoms with Crippen molar-refractivity contribution in [3.05, 3.63) is 21.9 Å². The molecule has 6 heteroatoms. The first-order valence-corrected chi connectivity index (χ1v) is 8.82. The molecule has 0 saturated carbocycles. The maximum atomic E-state index is 12.8. The Bertz CT molecular complexity index is 557. The SMILES string of the molecule is CCOC(=O)N1CCCC(C(=O)N2CCc3sccc3C2)C1. The molecule has 5 nitrogen and oxygen atoms in total. The quantitative estimate of drug-likeness (QED) is 0.840. The van der Waals surface area contributed by atoms with Crippen LogP contribution in [0.25, 0.3) is 0 Å². The molecule has 3 rings (SSSR count). The Morgan fingerprint density at radius 3 is 3.05 bits per heavy atom. The van der Waals surface area contributed by atoms with Crippen molar-refractivity contribution in [1.29, 1.82) is 0 Å². The molecule has 0 spiro atoms. The minimum absolute atomic E-state index is 0.0849. The van der Waals surface area contributed by atoms with Crippen LogP contribution in [0, 0.1) is 5.92 Å². The second kappa shape index (κ2) is 6.69. The summed E-state index contributed by atoms with van der Waals surface area (Å²) in [5.41, 5.74) is 1.28. The number of amides is 2. The normalized spacial score (nSPS) is 21.4. The number of piperidine rings is 1. The van der Waals surface area contributed by atoms with Gasteiger partial charge in [0.1, 0.15) is 0 Å². The van der Waals surface area contributed by atoms with E-state index in [0.717, 1.165) is 25.8 Å². The van der Waals surface area contributed by atoms with Crippen LogP contribution in [-0.2, 0) is 22.5 Å². The maximum Gasteiger partial charge on any atom is 0.409 e. The summed E-state index contributed by atoms with van der Waals surface area (Å²) in [6.45, 7) is 4.87. The van der Waals surface area contributed by atoms with Crippen LogP contribution in [0.1, 0.15) is 30.2 Å². The summed E-state index contributed by atoms with van der Waals surface area (Å²) >= 11 is 1.78. The number of thiophene rings is 1. The summed E-state index contributed by atoms with van der Waals surface area (Å²) in [6.07, 6.45) is 2.39. The lowest BCUT2D eigenvalue weighted by Crippen LogP contribution is -2.47. The Morgan fingerprint density at radius 2 is 2.23 bits per heavy atom. The summed E-state index contributed by atoms with van der Waals surface area (Å²) < 4.78 is 5.05. The Labute approximate surface area is 134 Å². The number of carbonyl (C=O) groups excluding carboxylic acids is 2. The fourth-order valence-corrected chi connectivity index (χ4v) is 4.14. The largest absolute Gasteiger partial charge is 0.450 e. The fraction of sp³-hybridized carbons (Fsp3) is 0.625. The lowest BCUT2D eigenvalue weighted by atomic mass is 9.95. The zero-order chi connectivity index (χ0) is 15.5. The van der Waals surface area contributed by atoms with Gasteiger partial charge in [0.2, 0.25) is 5.91 Å². The van der Waals surface area contributed by atoms with E-state index in [-0.39, 0.29) is 17.9 Å². The van der Waals surface area contributed by atoms with Crippen molar-refractivity contribution >= 4 is 23.3 Å². The molecule has 1 fully saturated rings. The third kappa shape index (κ3) is 3.11. The highest BCUT2D eigenvalue weighted by atomic mass is 32.1. The third-order valence-corrected chi connectivity index (χ3v) is 5.44. The topological polar surface area (TPSA) is 49.9 Å². The Morgan fingerprint density at radius 1 is 1.36 bits per heavy atom. The average Bonchev–Trinajstić information content (AvgIpc) is 3.02. The van der Waals surface area contributed by atoms with E-state index in [2.05, 4.69) is 11.4 Å². The molecule has 22 heavy (non-hydrogen) atoms. The smallest absolute Gasteiger partial charge is 0.409 e. The standard InChI is InChI=1S/C16H22N2O3S/c1-2-21-16(20)18-7-3-4-13(11-18)15(19)17-8-5-14-12(10-17)6-9-22-14/h6,9,13H,2-5,7-8,10-11H2,1H3. The van der Waals surface area contributed by atoms with Gasteiger partial charge in [0.15, 0.2) is 0 Å². The van der Waals surface area contributed by atoms with Gasteiger partial charge in [-0.3, -0.25) is 4.79 Å². The van der Waals surface area contributed by atoms with E-state index in [1.54, 1.807) is 23.2 Å². The van der Waals surface area contributed by atoms with E-state index in [4.69, 9.17) is 4.74 Å². The molecular formula is C16H22N2O3S. The molecule has 0 radical (unpaired) electrons. The van der Waals surface area contributed by atoms with Crippen LogP contribution >= 0.6 is 11.3 Å². The number of fused-ring (bicyclic) bond motifs is 1. The van der Waals surface area contributed by atoms with Crippen LogP contribution in [0.5, 0.6) is 0 Å². The summed E-state index contributed by atoms with van der Waals surface area (Å²) in [5, 5.41) is 2.10. The molecule has 2 aliphatic heterocycles. The van der Waals surface area contributed by atoms with Crippen molar-refractivity contribution in [1.82, 2.24) is 9.80 Å². The van der Waals surface area contributed by atoms with Crippen molar-refractivity contribution < 1.29 is 14.3 Å². The molecule has 2 aliphatic rings. The Balaban J connectivity index is 1.61. The van der Waals surface area contributed by atoms with Crippen LogP contribution in [-0.4, -0.2) is 48.0 Å². The summed E-state index contributed by atoms with van der Waals surface area (Å²) in [4.78, 5) is 29.6.